The number of piperazine rings is 1. The van der Waals surface area contributed by atoms with Crippen LogP contribution in [-0.4, -0.2) is 56.6 Å². The standard InChI is InChI=1S/C18H26N2O3/c1-13(2)19-6-8-20(9-7-19)17-11-16(22-3)10-14-4-5-15(12-21)23-18(14)17/h10-13,15H,4-9H2,1-3H3. The van der Waals surface area contributed by atoms with E-state index >= 15 is 0 Å². The average Bonchev–Trinajstić information content (AvgIpc) is 2.60. The summed E-state index contributed by atoms with van der Waals surface area (Å²) >= 11 is 0. The Morgan fingerprint density at radius 3 is 2.61 bits per heavy atom. The van der Waals surface area contributed by atoms with Gasteiger partial charge in [0, 0.05) is 43.9 Å². The number of carbonyl (C=O) groups excluding carboxylic acids is 1. The maximum atomic E-state index is 11.1. The molecule has 0 saturated carbocycles. The molecular weight excluding hydrogens is 292 g/mol. The third-order valence-corrected chi connectivity index (χ3v) is 4.86. The van der Waals surface area contributed by atoms with Crippen molar-refractivity contribution >= 4 is 12.0 Å². The lowest BCUT2D eigenvalue weighted by Gasteiger charge is -2.39. The summed E-state index contributed by atoms with van der Waals surface area (Å²) in [5, 5.41) is 0. The Morgan fingerprint density at radius 2 is 2.00 bits per heavy atom. The quantitative estimate of drug-likeness (QED) is 0.796. The molecule has 0 radical (unpaired) electrons. The largest absolute Gasteiger partial charge is 0.497 e. The van der Waals surface area contributed by atoms with Crippen LogP contribution < -0.4 is 14.4 Å². The molecule has 126 valence electrons. The second-order valence-corrected chi connectivity index (χ2v) is 6.58. The van der Waals surface area contributed by atoms with Crippen LogP contribution in [0.5, 0.6) is 11.5 Å². The summed E-state index contributed by atoms with van der Waals surface area (Å²) in [6, 6.07) is 4.65. The van der Waals surface area contributed by atoms with Gasteiger partial charge in [0.1, 0.15) is 11.5 Å². The molecule has 1 unspecified atom stereocenters. The number of nitrogens with zero attached hydrogens (tertiary/aromatic N) is 2. The maximum Gasteiger partial charge on any atom is 0.160 e. The van der Waals surface area contributed by atoms with E-state index in [1.54, 1.807) is 7.11 Å². The molecule has 0 bridgehead atoms. The van der Waals surface area contributed by atoms with Crippen LogP contribution in [0.25, 0.3) is 0 Å². The second kappa shape index (κ2) is 6.79. The number of ether oxygens (including phenoxy) is 2. The topological polar surface area (TPSA) is 42.0 Å². The third kappa shape index (κ3) is 3.29. The zero-order valence-corrected chi connectivity index (χ0v) is 14.2. The number of hydrogen-bond donors (Lipinski definition) is 0. The molecule has 2 aliphatic heterocycles. The number of hydrogen-bond acceptors (Lipinski definition) is 5. The summed E-state index contributed by atoms with van der Waals surface area (Å²) < 4.78 is 11.4. The Kier molecular flexibility index (Phi) is 4.76. The van der Waals surface area contributed by atoms with Crippen molar-refractivity contribution in [3.63, 3.8) is 0 Å². The molecular formula is C18H26N2O3. The van der Waals surface area contributed by atoms with Crippen LogP contribution in [0, 0.1) is 0 Å². The first-order chi connectivity index (χ1) is 11.1. The number of carbonyl (C=O) groups is 1. The van der Waals surface area contributed by atoms with Crippen molar-refractivity contribution in [3.05, 3.63) is 17.7 Å². The van der Waals surface area contributed by atoms with Crippen molar-refractivity contribution in [1.82, 2.24) is 4.90 Å². The van der Waals surface area contributed by atoms with E-state index in [2.05, 4.69) is 23.6 Å². The van der Waals surface area contributed by atoms with Crippen LogP contribution in [0.1, 0.15) is 25.8 Å². The number of rotatable bonds is 4. The Morgan fingerprint density at radius 1 is 1.26 bits per heavy atom. The van der Waals surface area contributed by atoms with Gasteiger partial charge in [0.2, 0.25) is 0 Å². The van der Waals surface area contributed by atoms with E-state index in [4.69, 9.17) is 9.47 Å². The molecule has 1 atom stereocenters. The zero-order valence-electron chi connectivity index (χ0n) is 14.2. The van der Waals surface area contributed by atoms with Gasteiger partial charge in [-0.3, -0.25) is 9.69 Å². The van der Waals surface area contributed by atoms with Crippen molar-refractivity contribution in [2.75, 3.05) is 38.2 Å². The van der Waals surface area contributed by atoms with Gasteiger partial charge in [0.25, 0.3) is 0 Å². The molecule has 1 aromatic carbocycles. The molecule has 2 aliphatic rings. The van der Waals surface area contributed by atoms with Crippen LogP contribution in [0.4, 0.5) is 5.69 Å². The van der Waals surface area contributed by atoms with Gasteiger partial charge >= 0.3 is 0 Å². The lowest BCUT2D eigenvalue weighted by Crippen LogP contribution is -2.49. The van der Waals surface area contributed by atoms with Crippen LogP contribution in [0.2, 0.25) is 0 Å². The number of methoxy groups -OCH3 is 1. The summed E-state index contributed by atoms with van der Waals surface area (Å²) in [5.74, 6) is 1.73. The van der Waals surface area contributed by atoms with Gasteiger partial charge < -0.3 is 14.4 Å². The molecule has 0 spiro atoms. The van der Waals surface area contributed by atoms with E-state index in [1.165, 1.54) is 0 Å². The first-order valence-electron chi connectivity index (χ1n) is 8.44. The SMILES string of the molecule is COc1cc2c(c(N3CCN(C(C)C)CC3)c1)OC(C=O)CC2. The van der Waals surface area contributed by atoms with Crippen LogP contribution >= 0.6 is 0 Å². The third-order valence-electron chi connectivity index (χ3n) is 4.86. The fraction of sp³-hybridized carbons (Fsp3) is 0.611. The molecule has 1 fully saturated rings. The number of aldehydes is 1. The van der Waals surface area contributed by atoms with E-state index < -0.39 is 0 Å². The molecule has 3 rings (SSSR count). The summed E-state index contributed by atoms with van der Waals surface area (Å²) in [7, 11) is 1.69. The molecule has 0 amide bonds. The Bertz CT molecular complexity index is 566. The first-order valence-corrected chi connectivity index (χ1v) is 8.44. The van der Waals surface area contributed by atoms with E-state index in [9.17, 15) is 4.79 Å². The summed E-state index contributed by atoms with van der Waals surface area (Å²) in [4.78, 5) is 16.0. The van der Waals surface area contributed by atoms with Crippen LogP contribution in [0.15, 0.2) is 12.1 Å². The molecule has 1 saturated heterocycles. The van der Waals surface area contributed by atoms with Crippen molar-refractivity contribution in [3.8, 4) is 11.5 Å². The average molecular weight is 318 g/mol. The van der Waals surface area contributed by atoms with Crippen LogP contribution in [-0.2, 0) is 11.2 Å². The van der Waals surface area contributed by atoms with Gasteiger partial charge in [0.05, 0.1) is 12.8 Å². The molecule has 2 heterocycles. The highest BCUT2D eigenvalue weighted by molar-refractivity contribution is 5.68. The molecule has 0 aromatic heterocycles. The molecule has 23 heavy (non-hydrogen) atoms. The number of benzene rings is 1. The van der Waals surface area contributed by atoms with E-state index in [1.807, 2.05) is 12.1 Å². The highest BCUT2D eigenvalue weighted by Gasteiger charge is 2.27. The Hall–Kier alpha value is -1.75. The molecule has 0 N–H and O–H groups in total. The fourth-order valence-electron chi connectivity index (χ4n) is 3.40. The van der Waals surface area contributed by atoms with Gasteiger partial charge in [-0.05, 0) is 32.8 Å². The molecule has 5 nitrogen and oxygen atoms in total. The predicted octanol–water partition coefficient (Wildman–Crippen LogP) is 2.12. The highest BCUT2D eigenvalue weighted by atomic mass is 16.5. The summed E-state index contributed by atoms with van der Waals surface area (Å²) in [6.07, 6.45) is 2.18. The molecule has 5 heteroatoms. The summed E-state index contributed by atoms with van der Waals surface area (Å²) in [5.41, 5.74) is 2.21. The van der Waals surface area contributed by atoms with E-state index in [0.29, 0.717) is 6.04 Å². The zero-order chi connectivity index (χ0) is 16.4. The van der Waals surface area contributed by atoms with Gasteiger partial charge in [-0.1, -0.05) is 0 Å². The van der Waals surface area contributed by atoms with Crippen molar-refractivity contribution in [2.24, 2.45) is 0 Å². The second-order valence-electron chi connectivity index (χ2n) is 6.58. The lowest BCUT2D eigenvalue weighted by molar-refractivity contribution is -0.114. The normalized spacial score (nSPS) is 21.7. The van der Waals surface area contributed by atoms with Crippen molar-refractivity contribution in [1.29, 1.82) is 0 Å². The maximum absolute atomic E-state index is 11.1. The minimum absolute atomic E-state index is 0.327. The van der Waals surface area contributed by atoms with Gasteiger partial charge in [-0.2, -0.15) is 0 Å². The molecule has 0 aliphatic carbocycles. The lowest BCUT2D eigenvalue weighted by atomic mass is 10.0. The smallest absolute Gasteiger partial charge is 0.160 e. The van der Waals surface area contributed by atoms with E-state index in [0.717, 1.165) is 68.1 Å². The number of anilines is 1. The number of fused-ring (bicyclic) bond motifs is 1. The van der Waals surface area contributed by atoms with Crippen LogP contribution in [0.3, 0.4) is 0 Å². The first kappa shape index (κ1) is 16.1. The van der Waals surface area contributed by atoms with Gasteiger partial charge in [-0.25, -0.2) is 0 Å². The Labute approximate surface area is 138 Å². The minimum Gasteiger partial charge on any atom is -0.497 e. The fourth-order valence-corrected chi connectivity index (χ4v) is 3.40. The molecule has 1 aromatic rings. The monoisotopic (exact) mass is 318 g/mol. The van der Waals surface area contributed by atoms with Crippen molar-refractivity contribution < 1.29 is 14.3 Å². The van der Waals surface area contributed by atoms with Gasteiger partial charge in [0.15, 0.2) is 12.4 Å². The Balaban J connectivity index is 1.87. The number of aryl methyl sites for hydroxylation is 1. The van der Waals surface area contributed by atoms with Gasteiger partial charge in [-0.15, -0.1) is 0 Å². The highest BCUT2D eigenvalue weighted by Crippen LogP contribution is 2.40. The predicted molar refractivity (Wildman–Crippen MR) is 90.7 cm³/mol. The van der Waals surface area contributed by atoms with Crippen molar-refractivity contribution in [2.45, 2.75) is 38.8 Å². The van der Waals surface area contributed by atoms with E-state index in [-0.39, 0.29) is 6.10 Å². The minimum atomic E-state index is -0.327. The summed E-state index contributed by atoms with van der Waals surface area (Å²) in [6.45, 7) is 8.49.